The molecule has 0 spiro atoms. The van der Waals surface area contributed by atoms with Crippen LogP contribution in [0.5, 0.6) is 11.5 Å². The van der Waals surface area contributed by atoms with Crippen LogP contribution in [0.2, 0.25) is 0 Å². The molecule has 0 saturated heterocycles. The molecule has 0 aliphatic heterocycles. The predicted octanol–water partition coefficient (Wildman–Crippen LogP) is 6.91. The summed E-state index contributed by atoms with van der Waals surface area (Å²) >= 11 is 2.86. The maximum atomic E-state index is 10.7. The Morgan fingerprint density at radius 1 is 0.565 bits per heavy atom. The van der Waals surface area contributed by atoms with E-state index in [0.29, 0.717) is 54.0 Å². The molecule has 0 radical (unpaired) electrons. The van der Waals surface area contributed by atoms with Gasteiger partial charge in [-0.2, -0.15) is 10.5 Å². The fraction of sp³-hybridized carbons (Fsp3) is 0. The highest BCUT2D eigenvalue weighted by atomic mass is 32.1. The van der Waals surface area contributed by atoms with Crippen LogP contribution in [0.1, 0.15) is 10.0 Å². The monoisotopic (exact) mass is 632 g/mol. The lowest BCUT2D eigenvalue weighted by Crippen LogP contribution is -2.10. The van der Waals surface area contributed by atoms with Gasteiger partial charge in [0.1, 0.15) is 44.8 Å². The Morgan fingerprint density at radius 2 is 0.957 bits per heavy atom. The SMILES string of the molecule is N#C/C(c1nc2ccccc2s1)=c1/[nH]c(-c2ccc(O)cc2)c2/c(=C(\C#N)c3nc4ccccc4s3)[nH]c(-c3ccc(O)cc3)c12. The number of para-hydroxylation sites is 2. The summed E-state index contributed by atoms with van der Waals surface area (Å²) in [5.41, 5.74) is 5.08. The minimum Gasteiger partial charge on any atom is -0.508 e. The molecule has 0 fully saturated rings. The van der Waals surface area contributed by atoms with E-state index in [-0.39, 0.29) is 11.5 Å². The Hall–Kier alpha value is -6.20. The van der Waals surface area contributed by atoms with Gasteiger partial charge < -0.3 is 20.2 Å². The Bertz CT molecular complexity index is 2430. The largest absolute Gasteiger partial charge is 0.508 e. The third-order valence-electron chi connectivity index (χ3n) is 7.80. The van der Waals surface area contributed by atoms with E-state index in [1.165, 1.54) is 22.7 Å². The van der Waals surface area contributed by atoms with Crippen LogP contribution in [-0.4, -0.2) is 30.1 Å². The first-order chi connectivity index (χ1) is 22.5. The molecule has 218 valence electrons. The summed E-state index contributed by atoms with van der Waals surface area (Å²) in [5, 5.41) is 45.1. The van der Waals surface area contributed by atoms with Crippen LogP contribution in [0.25, 0.3) is 64.9 Å². The van der Waals surface area contributed by atoms with E-state index in [1.807, 2.05) is 48.5 Å². The minimum atomic E-state index is 0.114. The molecule has 8 rings (SSSR count). The third kappa shape index (κ3) is 4.41. The lowest BCUT2D eigenvalue weighted by Gasteiger charge is -2.01. The van der Waals surface area contributed by atoms with Crippen molar-refractivity contribution < 1.29 is 10.2 Å². The van der Waals surface area contributed by atoms with Crippen LogP contribution in [0, 0.1) is 22.7 Å². The number of aromatic amines is 2. The van der Waals surface area contributed by atoms with Crippen molar-refractivity contribution in [2.45, 2.75) is 0 Å². The Morgan fingerprint density at radius 3 is 1.33 bits per heavy atom. The van der Waals surface area contributed by atoms with Crippen molar-refractivity contribution in [3.8, 4) is 46.2 Å². The number of rotatable bonds is 4. The van der Waals surface area contributed by atoms with Crippen molar-refractivity contribution >= 4 is 65.0 Å². The molecule has 4 N–H and O–H groups in total. The maximum Gasteiger partial charge on any atom is 0.137 e. The highest BCUT2D eigenvalue weighted by molar-refractivity contribution is 7.20. The van der Waals surface area contributed by atoms with Crippen LogP contribution in [0.4, 0.5) is 0 Å². The van der Waals surface area contributed by atoms with Gasteiger partial charge in [0.25, 0.3) is 0 Å². The first-order valence-electron chi connectivity index (χ1n) is 14.2. The molecule has 4 aromatic heterocycles. The van der Waals surface area contributed by atoms with E-state index in [2.05, 4.69) is 22.1 Å². The first kappa shape index (κ1) is 27.4. The molecule has 8 aromatic rings. The molecule has 4 aromatic carbocycles. The van der Waals surface area contributed by atoms with Gasteiger partial charge in [-0.3, -0.25) is 0 Å². The topological polar surface area (TPSA) is 145 Å². The van der Waals surface area contributed by atoms with Crippen molar-refractivity contribution in [3.63, 3.8) is 0 Å². The number of benzene rings is 4. The molecule has 8 nitrogen and oxygen atoms in total. The van der Waals surface area contributed by atoms with E-state index in [4.69, 9.17) is 9.97 Å². The molecule has 0 atom stereocenters. The number of hydrogen-bond acceptors (Lipinski definition) is 8. The van der Waals surface area contributed by atoms with Gasteiger partial charge in [-0.25, -0.2) is 9.97 Å². The van der Waals surface area contributed by atoms with Gasteiger partial charge in [0, 0.05) is 10.8 Å². The lowest BCUT2D eigenvalue weighted by molar-refractivity contribution is 0.475. The summed E-state index contributed by atoms with van der Waals surface area (Å²) in [5.74, 6) is 0.228. The molecule has 0 saturated carbocycles. The molecule has 0 amide bonds. The number of hydrogen-bond donors (Lipinski definition) is 4. The van der Waals surface area contributed by atoms with Gasteiger partial charge in [-0.05, 0) is 83.9 Å². The summed E-state index contributed by atoms with van der Waals surface area (Å²) in [6, 6.07) is 33.8. The number of H-pyrrole nitrogens is 2. The molecule has 0 aliphatic carbocycles. The van der Waals surface area contributed by atoms with E-state index >= 15 is 0 Å². The second-order valence-corrected chi connectivity index (χ2v) is 12.6. The number of fused-ring (bicyclic) bond motifs is 3. The number of aromatic nitrogens is 4. The standard InChI is InChI=1S/C36H20N6O2S2/c37-17-23(35-39-25-5-1-3-7-27(25)45-35)33-29-30(32(41-33)20-11-15-22(44)16-12-20)34(42-31(29)19-9-13-21(43)14-10-19)24(18-38)36-40-26-6-2-4-8-28(26)46-36/h1-16,41-44H/b33-23-,34-24-. The van der Waals surface area contributed by atoms with Gasteiger partial charge in [0.05, 0.1) is 42.5 Å². The fourth-order valence-corrected chi connectivity index (χ4v) is 7.63. The van der Waals surface area contributed by atoms with E-state index in [9.17, 15) is 20.7 Å². The number of nitrogens with zero attached hydrogens (tertiary/aromatic N) is 4. The lowest BCUT2D eigenvalue weighted by atomic mass is 10.0. The second kappa shape index (κ2) is 10.8. The quantitative estimate of drug-likeness (QED) is 0.166. The summed E-state index contributed by atoms with van der Waals surface area (Å²) in [6.07, 6.45) is 0. The van der Waals surface area contributed by atoms with Gasteiger partial charge >= 0.3 is 0 Å². The van der Waals surface area contributed by atoms with Crippen molar-refractivity contribution in [2.75, 3.05) is 0 Å². The zero-order valence-electron chi connectivity index (χ0n) is 23.7. The van der Waals surface area contributed by atoms with E-state index < -0.39 is 0 Å². The molecule has 4 heterocycles. The van der Waals surface area contributed by atoms with Gasteiger partial charge in [-0.15, -0.1) is 22.7 Å². The van der Waals surface area contributed by atoms with Gasteiger partial charge in [-0.1, -0.05) is 24.3 Å². The number of aromatic hydroxyl groups is 2. The highest BCUT2D eigenvalue weighted by Crippen LogP contribution is 2.35. The highest BCUT2D eigenvalue weighted by Gasteiger charge is 2.24. The van der Waals surface area contributed by atoms with E-state index in [1.54, 1.807) is 48.5 Å². The summed E-state index contributed by atoms with van der Waals surface area (Å²) in [4.78, 5) is 16.7. The Kier molecular flexibility index (Phi) is 6.40. The van der Waals surface area contributed by atoms with Crippen molar-refractivity contribution in [1.82, 2.24) is 19.9 Å². The van der Waals surface area contributed by atoms with Crippen molar-refractivity contribution in [2.24, 2.45) is 0 Å². The number of nitrogens with one attached hydrogen (secondary N) is 2. The summed E-state index contributed by atoms with van der Waals surface area (Å²) in [6.45, 7) is 0. The fourth-order valence-electron chi connectivity index (χ4n) is 5.69. The van der Waals surface area contributed by atoms with E-state index in [0.717, 1.165) is 31.6 Å². The summed E-state index contributed by atoms with van der Waals surface area (Å²) < 4.78 is 1.91. The van der Waals surface area contributed by atoms with Gasteiger partial charge in [0.15, 0.2) is 0 Å². The zero-order chi connectivity index (χ0) is 31.4. The minimum absolute atomic E-state index is 0.114. The number of phenols is 2. The molecule has 46 heavy (non-hydrogen) atoms. The van der Waals surface area contributed by atoms with Crippen molar-refractivity contribution in [3.05, 3.63) is 118 Å². The number of nitriles is 2. The molecular weight excluding hydrogens is 613 g/mol. The Balaban J connectivity index is 1.58. The second-order valence-electron chi connectivity index (χ2n) is 10.5. The van der Waals surface area contributed by atoms with Crippen LogP contribution < -0.4 is 10.7 Å². The van der Waals surface area contributed by atoms with Crippen LogP contribution in [-0.2, 0) is 0 Å². The molecule has 0 unspecified atom stereocenters. The van der Waals surface area contributed by atoms with Gasteiger partial charge in [0.2, 0.25) is 0 Å². The number of thiazole rings is 2. The molecule has 10 heteroatoms. The Labute approximate surface area is 268 Å². The first-order valence-corrected chi connectivity index (χ1v) is 15.8. The maximum absolute atomic E-state index is 10.7. The van der Waals surface area contributed by atoms with Crippen LogP contribution in [0.3, 0.4) is 0 Å². The molecular formula is C36H20N6O2S2. The normalized spacial score (nSPS) is 12.7. The van der Waals surface area contributed by atoms with Crippen molar-refractivity contribution in [1.29, 1.82) is 10.5 Å². The average Bonchev–Trinajstić information content (AvgIpc) is 3.86. The number of phenolic OH excluding ortho intramolecular Hbond substituents is 2. The van der Waals surface area contributed by atoms with Crippen LogP contribution in [0.15, 0.2) is 97.1 Å². The molecule has 0 bridgehead atoms. The van der Waals surface area contributed by atoms with Crippen LogP contribution >= 0.6 is 22.7 Å². The zero-order valence-corrected chi connectivity index (χ0v) is 25.4. The summed E-state index contributed by atoms with van der Waals surface area (Å²) in [7, 11) is 0. The molecule has 0 aliphatic rings. The average molecular weight is 633 g/mol. The third-order valence-corrected chi connectivity index (χ3v) is 9.91. The predicted molar refractivity (Wildman–Crippen MR) is 182 cm³/mol. The smallest absolute Gasteiger partial charge is 0.137 e.